The summed E-state index contributed by atoms with van der Waals surface area (Å²) in [6.45, 7) is 3.92. The minimum atomic E-state index is 0.129. The summed E-state index contributed by atoms with van der Waals surface area (Å²) < 4.78 is 0. The Morgan fingerprint density at radius 2 is 2.33 bits per heavy atom. The average molecular weight is 248 g/mol. The van der Waals surface area contributed by atoms with Crippen LogP contribution in [0.15, 0.2) is 0 Å². The molecule has 0 spiro atoms. The van der Waals surface area contributed by atoms with Gasteiger partial charge < -0.3 is 0 Å². The predicted molar refractivity (Wildman–Crippen MR) is 54.4 cm³/mol. The van der Waals surface area contributed by atoms with Gasteiger partial charge in [-0.2, -0.15) is 0 Å². The Morgan fingerprint density at radius 3 is 2.75 bits per heavy atom. The predicted octanol–water partition coefficient (Wildman–Crippen LogP) is 2.59. The molecule has 0 saturated heterocycles. The molecule has 0 radical (unpaired) electrons. The van der Waals surface area contributed by atoms with Gasteiger partial charge in [0.05, 0.1) is 20.9 Å². The summed E-state index contributed by atoms with van der Waals surface area (Å²) in [4.78, 5) is 16.4. The fourth-order valence-electron chi connectivity index (χ4n) is 0.923. The molecule has 0 fully saturated rings. The number of thiazole rings is 1. The van der Waals surface area contributed by atoms with E-state index in [2.05, 4.69) is 20.9 Å². The van der Waals surface area contributed by atoms with Gasteiger partial charge in [0.15, 0.2) is 5.78 Å². The van der Waals surface area contributed by atoms with E-state index in [0.29, 0.717) is 5.33 Å². The largest absolute Gasteiger partial charge is 0.292 e. The summed E-state index contributed by atoms with van der Waals surface area (Å²) in [5.74, 6) is 0.129. The van der Waals surface area contributed by atoms with Crippen LogP contribution in [0, 0.1) is 6.92 Å². The van der Waals surface area contributed by atoms with Crippen molar-refractivity contribution in [2.24, 2.45) is 0 Å². The van der Waals surface area contributed by atoms with Crippen molar-refractivity contribution in [3.63, 3.8) is 0 Å². The minimum Gasteiger partial charge on any atom is -0.292 e. The second-order valence-corrected chi connectivity index (χ2v) is 4.08. The number of rotatable bonds is 3. The van der Waals surface area contributed by atoms with Crippen LogP contribution in [0.2, 0.25) is 0 Å². The summed E-state index contributed by atoms with van der Waals surface area (Å²) in [5, 5.41) is 1.43. The first-order valence-electron chi connectivity index (χ1n) is 3.74. The molecule has 1 aromatic heterocycles. The first-order chi connectivity index (χ1) is 5.69. The molecule has 12 heavy (non-hydrogen) atoms. The maximum absolute atomic E-state index is 11.3. The zero-order valence-electron chi connectivity index (χ0n) is 7.06. The molecule has 0 aliphatic heterocycles. The van der Waals surface area contributed by atoms with Crippen molar-refractivity contribution in [2.45, 2.75) is 20.3 Å². The normalized spacial score (nSPS) is 10.2. The lowest BCUT2D eigenvalue weighted by Crippen LogP contribution is -1.98. The summed E-state index contributed by atoms with van der Waals surface area (Å²) in [7, 11) is 0. The molecule has 0 N–H and O–H groups in total. The molecule has 0 amide bonds. The van der Waals surface area contributed by atoms with Crippen molar-refractivity contribution in [2.75, 3.05) is 5.33 Å². The average Bonchev–Trinajstić information content (AvgIpc) is 2.45. The lowest BCUT2D eigenvalue weighted by atomic mass is 10.3. The van der Waals surface area contributed by atoms with Crippen LogP contribution in [0.4, 0.5) is 0 Å². The van der Waals surface area contributed by atoms with Gasteiger partial charge >= 0.3 is 0 Å². The number of nitrogens with zero attached hydrogens (tertiary/aromatic N) is 1. The highest BCUT2D eigenvalue weighted by Crippen LogP contribution is 2.19. The highest BCUT2D eigenvalue weighted by atomic mass is 79.9. The Labute approximate surface area is 84.1 Å². The van der Waals surface area contributed by atoms with Gasteiger partial charge in [-0.3, -0.25) is 4.79 Å². The molecular weight excluding hydrogens is 238 g/mol. The van der Waals surface area contributed by atoms with Gasteiger partial charge in [0, 0.05) is 0 Å². The van der Waals surface area contributed by atoms with Crippen LogP contribution in [0.25, 0.3) is 0 Å². The van der Waals surface area contributed by atoms with Crippen LogP contribution in [0.3, 0.4) is 0 Å². The number of alkyl halides is 1. The lowest BCUT2D eigenvalue weighted by molar-refractivity contribution is 0.102. The van der Waals surface area contributed by atoms with Gasteiger partial charge in [-0.05, 0) is 13.3 Å². The van der Waals surface area contributed by atoms with E-state index in [1.165, 1.54) is 11.3 Å². The second kappa shape index (κ2) is 4.14. The molecule has 2 nitrogen and oxygen atoms in total. The van der Waals surface area contributed by atoms with Crippen molar-refractivity contribution >= 4 is 33.0 Å². The van der Waals surface area contributed by atoms with Crippen LogP contribution in [-0.4, -0.2) is 16.1 Å². The molecule has 0 aliphatic rings. The topological polar surface area (TPSA) is 30.0 Å². The molecule has 4 heteroatoms. The third-order valence-electron chi connectivity index (χ3n) is 1.52. The van der Waals surface area contributed by atoms with Gasteiger partial charge in [0.1, 0.15) is 0 Å². The summed E-state index contributed by atoms with van der Waals surface area (Å²) in [5.41, 5.74) is 0.862. The standard InChI is InChI=1S/C8H10BrNOS/c1-3-7-10-5(2)8(12-7)6(11)4-9/h3-4H2,1-2H3. The summed E-state index contributed by atoms with van der Waals surface area (Å²) in [6.07, 6.45) is 0.904. The van der Waals surface area contributed by atoms with Crippen molar-refractivity contribution < 1.29 is 4.79 Å². The van der Waals surface area contributed by atoms with Crippen LogP contribution >= 0.6 is 27.3 Å². The van der Waals surface area contributed by atoms with E-state index in [-0.39, 0.29) is 5.78 Å². The van der Waals surface area contributed by atoms with E-state index < -0.39 is 0 Å². The zero-order chi connectivity index (χ0) is 9.14. The van der Waals surface area contributed by atoms with E-state index >= 15 is 0 Å². The van der Waals surface area contributed by atoms with E-state index in [9.17, 15) is 4.79 Å². The number of hydrogen-bond donors (Lipinski definition) is 0. The zero-order valence-corrected chi connectivity index (χ0v) is 9.46. The highest BCUT2D eigenvalue weighted by molar-refractivity contribution is 9.09. The molecule has 0 bridgehead atoms. The van der Waals surface area contributed by atoms with Gasteiger partial charge in [0.25, 0.3) is 0 Å². The number of Topliss-reactive ketones (excluding diaryl/α,β-unsaturated/α-hetero) is 1. The minimum absolute atomic E-state index is 0.129. The molecule has 1 rings (SSSR count). The molecule has 66 valence electrons. The molecule has 1 heterocycles. The number of aryl methyl sites for hydroxylation is 2. The number of halogens is 1. The molecule has 0 saturated carbocycles. The maximum Gasteiger partial charge on any atom is 0.185 e. The Hall–Kier alpha value is -0.220. The number of carbonyl (C=O) groups excluding carboxylic acids is 1. The second-order valence-electron chi connectivity index (χ2n) is 2.43. The number of hydrogen-bond acceptors (Lipinski definition) is 3. The first-order valence-corrected chi connectivity index (χ1v) is 5.68. The monoisotopic (exact) mass is 247 g/mol. The molecule has 0 unspecified atom stereocenters. The van der Waals surface area contributed by atoms with Crippen LogP contribution < -0.4 is 0 Å². The lowest BCUT2D eigenvalue weighted by Gasteiger charge is -1.89. The van der Waals surface area contributed by atoms with E-state index in [1.54, 1.807) is 0 Å². The molecular formula is C8H10BrNOS. The van der Waals surface area contributed by atoms with Gasteiger partial charge in [0.2, 0.25) is 0 Å². The van der Waals surface area contributed by atoms with Crippen molar-refractivity contribution in [3.8, 4) is 0 Å². The van der Waals surface area contributed by atoms with Crippen LogP contribution in [0.1, 0.15) is 27.3 Å². The Balaban J connectivity index is 2.99. The Morgan fingerprint density at radius 1 is 1.67 bits per heavy atom. The third-order valence-corrected chi connectivity index (χ3v) is 3.37. The SMILES string of the molecule is CCc1nc(C)c(C(=O)CBr)s1. The Kier molecular flexibility index (Phi) is 3.40. The van der Waals surface area contributed by atoms with Gasteiger partial charge in [-0.1, -0.05) is 22.9 Å². The van der Waals surface area contributed by atoms with E-state index in [4.69, 9.17) is 0 Å². The quantitative estimate of drug-likeness (QED) is 0.608. The maximum atomic E-state index is 11.3. The third kappa shape index (κ3) is 1.93. The van der Waals surface area contributed by atoms with Gasteiger partial charge in [-0.25, -0.2) is 4.98 Å². The molecule has 0 atom stereocenters. The fraction of sp³-hybridized carbons (Fsp3) is 0.500. The highest BCUT2D eigenvalue weighted by Gasteiger charge is 2.12. The molecule has 0 aromatic carbocycles. The van der Waals surface area contributed by atoms with Crippen molar-refractivity contribution in [1.29, 1.82) is 0 Å². The number of carbonyl (C=O) groups is 1. The summed E-state index contributed by atoms with van der Waals surface area (Å²) in [6, 6.07) is 0. The fourth-order valence-corrected chi connectivity index (χ4v) is 2.33. The smallest absolute Gasteiger partial charge is 0.185 e. The summed E-state index contributed by atoms with van der Waals surface area (Å²) >= 11 is 4.65. The van der Waals surface area contributed by atoms with E-state index in [1.807, 2.05) is 13.8 Å². The van der Waals surface area contributed by atoms with Crippen molar-refractivity contribution in [3.05, 3.63) is 15.6 Å². The number of ketones is 1. The Bertz CT molecular complexity index is 295. The van der Waals surface area contributed by atoms with Gasteiger partial charge in [-0.15, -0.1) is 11.3 Å². The van der Waals surface area contributed by atoms with Crippen molar-refractivity contribution in [1.82, 2.24) is 4.98 Å². The van der Waals surface area contributed by atoms with E-state index in [0.717, 1.165) is 22.0 Å². The molecule has 1 aromatic rings. The van der Waals surface area contributed by atoms with Crippen LogP contribution in [-0.2, 0) is 6.42 Å². The first kappa shape index (κ1) is 9.86. The van der Waals surface area contributed by atoms with Crippen LogP contribution in [0.5, 0.6) is 0 Å². The number of aromatic nitrogens is 1. The molecule has 0 aliphatic carbocycles.